The van der Waals surface area contributed by atoms with Crippen LogP contribution in [0.5, 0.6) is 0 Å². The lowest BCUT2D eigenvalue weighted by Crippen LogP contribution is -2.68. The summed E-state index contributed by atoms with van der Waals surface area (Å²) in [5, 5.41) is 13.8. The Morgan fingerprint density at radius 1 is 0.904 bits per heavy atom. The first-order valence-electron chi connectivity index (χ1n) is 20.9. The van der Waals surface area contributed by atoms with Crippen molar-refractivity contribution in [2.75, 3.05) is 32.4 Å². The van der Waals surface area contributed by atoms with Gasteiger partial charge in [-0.2, -0.15) is 4.31 Å². The number of nitrogens with zero attached hydrogens (tertiary/aromatic N) is 2. The Bertz CT molecular complexity index is 1720. The van der Waals surface area contributed by atoms with E-state index >= 15 is 0 Å². The molecule has 11 atom stereocenters. The maximum absolute atomic E-state index is 12.3. The fourth-order valence-electron chi connectivity index (χ4n) is 15.4. The summed E-state index contributed by atoms with van der Waals surface area (Å²) in [6.45, 7) is 21.7. The Balaban J connectivity index is 1.03. The molecule has 7 nitrogen and oxygen atoms in total. The van der Waals surface area contributed by atoms with Gasteiger partial charge in [0, 0.05) is 43.8 Å². The molecule has 6 fully saturated rings. The van der Waals surface area contributed by atoms with E-state index in [1.54, 1.807) is 16.4 Å². The van der Waals surface area contributed by atoms with Crippen LogP contribution < -0.4 is 5.32 Å². The highest BCUT2D eigenvalue weighted by Gasteiger charge is 2.70. The van der Waals surface area contributed by atoms with Gasteiger partial charge in [-0.25, -0.2) is 13.2 Å². The lowest BCUT2D eigenvalue weighted by Gasteiger charge is -2.72. The van der Waals surface area contributed by atoms with Crippen LogP contribution in [0.25, 0.3) is 5.57 Å². The maximum atomic E-state index is 12.3. The van der Waals surface area contributed by atoms with Crippen LogP contribution in [0, 0.1) is 57.2 Å². The molecule has 1 aromatic rings. The number of carboxylic acid groups (broad SMARTS) is 1. The molecule has 2 heterocycles. The number of hydrogen-bond acceptors (Lipinski definition) is 5. The van der Waals surface area contributed by atoms with E-state index in [0.717, 1.165) is 44.3 Å². The topological polar surface area (TPSA) is 90.0 Å². The Morgan fingerprint density at radius 2 is 1.63 bits per heavy atom. The molecule has 2 aliphatic heterocycles. The van der Waals surface area contributed by atoms with Crippen molar-refractivity contribution in [3.05, 3.63) is 41.5 Å². The van der Waals surface area contributed by atoms with Gasteiger partial charge in [-0.3, -0.25) is 4.90 Å². The summed E-state index contributed by atoms with van der Waals surface area (Å²) in [5.41, 5.74) is 4.07. The van der Waals surface area contributed by atoms with Crippen LogP contribution in [-0.2, 0) is 10.0 Å². The summed E-state index contributed by atoms with van der Waals surface area (Å²) in [6, 6.07) is 8.16. The van der Waals surface area contributed by atoms with Gasteiger partial charge in [-0.15, -0.1) is 0 Å². The average Bonchev–Trinajstić information content (AvgIpc) is 3.78. The zero-order valence-electron chi connectivity index (χ0n) is 33.4. The lowest BCUT2D eigenvalue weighted by atomic mass is 9.33. The largest absolute Gasteiger partial charge is 0.478 e. The number of rotatable bonds is 8. The molecule has 0 radical (unpaired) electrons. The third-order valence-corrected chi connectivity index (χ3v) is 19.3. The number of benzene rings is 1. The van der Waals surface area contributed by atoms with E-state index in [0.29, 0.717) is 52.7 Å². The number of nitrogens with one attached hydrogen (secondary N) is 1. The van der Waals surface area contributed by atoms with Gasteiger partial charge in [0.2, 0.25) is 10.0 Å². The van der Waals surface area contributed by atoms with Gasteiger partial charge in [0.1, 0.15) is 0 Å². The van der Waals surface area contributed by atoms with E-state index in [9.17, 15) is 18.3 Å². The van der Waals surface area contributed by atoms with Gasteiger partial charge < -0.3 is 10.4 Å². The lowest BCUT2D eigenvalue weighted by molar-refractivity contribution is -0.221. The van der Waals surface area contributed by atoms with Gasteiger partial charge in [0.25, 0.3) is 0 Å². The van der Waals surface area contributed by atoms with Crippen LogP contribution >= 0.6 is 0 Å². The molecular weight excluding hydrogens is 667 g/mol. The van der Waals surface area contributed by atoms with Crippen LogP contribution in [0.2, 0.25) is 0 Å². The minimum Gasteiger partial charge on any atom is -0.478 e. The van der Waals surface area contributed by atoms with Crippen molar-refractivity contribution in [2.45, 2.75) is 130 Å². The van der Waals surface area contributed by atoms with Crippen LogP contribution in [0.3, 0.4) is 0 Å². The molecule has 2 N–H and O–H groups in total. The first-order chi connectivity index (χ1) is 24.4. The van der Waals surface area contributed by atoms with Gasteiger partial charge in [0.15, 0.2) is 0 Å². The van der Waals surface area contributed by atoms with Crippen molar-refractivity contribution < 1.29 is 18.3 Å². The quantitative estimate of drug-likeness (QED) is 0.280. The number of piperazine rings is 1. The number of carboxylic acids is 1. The molecule has 2 bridgehead atoms. The second kappa shape index (κ2) is 12.4. The van der Waals surface area contributed by atoms with Gasteiger partial charge in [-0.1, -0.05) is 66.7 Å². The minimum absolute atomic E-state index is 0.0224. The Hall–Kier alpha value is -1.74. The second-order valence-electron chi connectivity index (χ2n) is 20.5. The number of allylic oxidation sites excluding steroid dienone is 2. The molecule has 0 amide bonds. The number of aromatic carboxylic acids is 1. The van der Waals surface area contributed by atoms with E-state index in [1.807, 2.05) is 12.1 Å². The Kier molecular flexibility index (Phi) is 8.86. The molecule has 4 saturated carbocycles. The van der Waals surface area contributed by atoms with Gasteiger partial charge in [0.05, 0.1) is 11.8 Å². The molecule has 7 aliphatic rings. The molecule has 2 saturated heterocycles. The van der Waals surface area contributed by atoms with Crippen molar-refractivity contribution in [2.24, 2.45) is 57.2 Å². The van der Waals surface area contributed by atoms with Crippen LogP contribution in [0.15, 0.2) is 30.3 Å². The van der Waals surface area contributed by atoms with E-state index in [4.69, 9.17) is 0 Å². The molecule has 0 aromatic heterocycles. The SMILES string of the molecule is CC(C)[C@@H]1CC[C@]2(NCCN3C[C@@H]4CC3CN4S(C)(=O)=O)CC[C@]3(C)[C@H](CC[C@@H]4[C@@]5(C)CC=C(c6ccc(C(=O)O)cc6)C(C)(C)[C@@H]5CC[C@]43C)[C@@H]12. The molecule has 1 unspecified atom stereocenters. The monoisotopic (exact) mass is 733 g/mol. The summed E-state index contributed by atoms with van der Waals surface area (Å²) < 4.78 is 26.3. The second-order valence-corrected chi connectivity index (χ2v) is 22.5. The number of carbonyl (C=O) groups is 1. The van der Waals surface area contributed by atoms with Crippen molar-refractivity contribution >= 4 is 21.6 Å². The number of sulfonamides is 1. The predicted molar refractivity (Wildman–Crippen MR) is 209 cm³/mol. The Labute approximate surface area is 314 Å². The van der Waals surface area contributed by atoms with Crippen molar-refractivity contribution in [3.63, 3.8) is 0 Å². The highest BCUT2D eigenvalue weighted by molar-refractivity contribution is 7.88. The van der Waals surface area contributed by atoms with E-state index in [-0.39, 0.29) is 22.4 Å². The smallest absolute Gasteiger partial charge is 0.335 e. The number of hydrogen-bond donors (Lipinski definition) is 2. The van der Waals surface area contributed by atoms with E-state index < -0.39 is 16.0 Å². The Morgan fingerprint density at radius 3 is 2.27 bits per heavy atom. The first kappa shape index (κ1) is 37.2. The maximum Gasteiger partial charge on any atom is 0.335 e. The van der Waals surface area contributed by atoms with E-state index in [2.05, 4.69) is 64.8 Å². The van der Waals surface area contributed by atoms with Crippen LogP contribution in [-0.4, -0.2) is 78.8 Å². The number of fused-ring (bicyclic) bond motifs is 9. The van der Waals surface area contributed by atoms with Crippen LogP contribution in [0.4, 0.5) is 0 Å². The number of likely N-dealkylation sites (tertiary alicyclic amines) is 1. The third-order valence-electron chi connectivity index (χ3n) is 18.0. The van der Waals surface area contributed by atoms with Gasteiger partial charge >= 0.3 is 5.97 Å². The summed E-state index contributed by atoms with van der Waals surface area (Å²) >= 11 is 0. The van der Waals surface area contributed by atoms with Crippen LogP contribution in [0.1, 0.15) is 129 Å². The van der Waals surface area contributed by atoms with Gasteiger partial charge in [-0.05, 0) is 145 Å². The normalized spacial score (nSPS) is 44.2. The minimum atomic E-state index is -3.11. The highest BCUT2D eigenvalue weighted by Crippen LogP contribution is 2.76. The summed E-state index contributed by atoms with van der Waals surface area (Å²) in [7, 11) is -3.11. The van der Waals surface area contributed by atoms with Crippen molar-refractivity contribution in [3.8, 4) is 0 Å². The van der Waals surface area contributed by atoms with Crippen molar-refractivity contribution in [1.29, 1.82) is 0 Å². The molecule has 8 heteroatoms. The highest BCUT2D eigenvalue weighted by atomic mass is 32.2. The summed E-state index contributed by atoms with van der Waals surface area (Å²) in [5.74, 6) is 3.35. The standard InChI is InChI=1S/C44H67N3O4S/c1-28(2)33-15-20-44(45-23-24-46-26-32-25-31(46)27-47(32)52(8,50)51)22-21-42(6)35(38(33)44)13-14-37-41(5)18-16-34(29-9-11-30(12-10-29)39(48)49)40(3,4)36(41)17-19-43(37,42)7/h9-12,16,28,31-33,35-38,45H,13-15,17-27H2,1-8H3,(H,48,49)/t31?,32-,33-,35+,36-,37+,38+,41-,42+,43+,44-/m0/s1. The fourth-order valence-corrected chi connectivity index (χ4v) is 16.6. The molecule has 288 valence electrons. The molecule has 1 aromatic carbocycles. The molecule has 5 aliphatic carbocycles. The third kappa shape index (κ3) is 5.33. The zero-order valence-corrected chi connectivity index (χ0v) is 34.2. The molecular formula is C44H67N3O4S. The molecule has 8 rings (SSSR count). The summed E-state index contributed by atoms with van der Waals surface area (Å²) in [6.07, 6.45) is 16.5. The van der Waals surface area contributed by atoms with E-state index in [1.165, 1.54) is 68.8 Å². The molecule has 52 heavy (non-hydrogen) atoms. The average molecular weight is 734 g/mol. The predicted octanol–water partition coefficient (Wildman–Crippen LogP) is 8.18. The fraction of sp³-hybridized carbons (Fsp3) is 0.795. The zero-order chi connectivity index (χ0) is 37.2. The van der Waals surface area contributed by atoms with Crippen molar-refractivity contribution in [1.82, 2.24) is 14.5 Å². The first-order valence-corrected chi connectivity index (χ1v) is 22.7. The summed E-state index contributed by atoms with van der Waals surface area (Å²) in [4.78, 5) is 14.2. The molecule has 0 spiro atoms.